The predicted molar refractivity (Wildman–Crippen MR) is 53.3 cm³/mol. The largest absolute Gasteiger partial charge is 0.369 e. The van der Waals surface area contributed by atoms with Gasteiger partial charge in [0.25, 0.3) is 0 Å². The maximum atomic E-state index is 4.26. The van der Waals surface area contributed by atoms with Crippen LogP contribution >= 0.6 is 0 Å². The van der Waals surface area contributed by atoms with Crippen LogP contribution in [0.15, 0.2) is 11.2 Å². The van der Waals surface area contributed by atoms with Gasteiger partial charge in [0.2, 0.25) is 0 Å². The van der Waals surface area contributed by atoms with Crippen molar-refractivity contribution in [3.63, 3.8) is 0 Å². The van der Waals surface area contributed by atoms with Crippen LogP contribution in [0.25, 0.3) is 0 Å². The smallest absolute Gasteiger partial charge is 0.175 e. The van der Waals surface area contributed by atoms with Gasteiger partial charge >= 0.3 is 0 Å². The van der Waals surface area contributed by atoms with Crippen LogP contribution in [-0.2, 0) is 0 Å². The molecule has 4 heteroatoms. The fourth-order valence-corrected chi connectivity index (χ4v) is 0.817. The summed E-state index contributed by atoms with van der Waals surface area (Å²) >= 11 is 0. The lowest BCUT2D eigenvalue weighted by molar-refractivity contribution is 0.642. The minimum Gasteiger partial charge on any atom is -0.369 e. The molecule has 70 valence electrons. The predicted octanol–water partition coefficient (Wildman–Crippen LogP) is 1.31. The molecule has 0 saturated carbocycles. The first-order valence-corrected chi connectivity index (χ1v) is 4.10. The zero-order chi connectivity index (χ0) is 9.84. The number of aromatic nitrogens is 2. The fourth-order valence-electron chi connectivity index (χ4n) is 0.817. The van der Waals surface area contributed by atoms with Crippen molar-refractivity contribution >= 4 is 12.2 Å². The molecule has 0 atom stereocenters. The summed E-state index contributed by atoms with van der Waals surface area (Å²) in [7, 11) is 3.84. The molecule has 0 bridgehead atoms. The molecule has 0 aliphatic carbocycles. The molecule has 0 aliphatic rings. The fraction of sp³-hybridized carbons (Fsp3) is 0.444. The quantitative estimate of drug-likeness (QED) is 0.506. The van der Waals surface area contributed by atoms with Crippen molar-refractivity contribution in [2.75, 3.05) is 14.1 Å². The van der Waals surface area contributed by atoms with E-state index in [1.165, 1.54) is 0 Å². The summed E-state index contributed by atoms with van der Waals surface area (Å²) in [5.41, 5.74) is 1.74. The van der Waals surface area contributed by atoms with E-state index in [1.807, 2.05) is 32.8 Å². The van der Waals surface area contributed by atoms with Crippen LogP contribution in [0.3, 0.4) is 0 Å². The first-order chi connectivity index (χ1) is 6.09. The average Bonchev–Trinajstić information content (AvgIpc) is 2.06. The Kier molecular flexibility index (Phi) is 2.95. The van der Waals surface area contributed by atoms with Crippen LogP contribution in [0.4, 0.5) is 5.82 Å². The number of nitrogens with zero attached hydrogens (tertiary/aromatic N) is 4. The molecule has 0 spiro atoms. The van der Waals surface area contributed by atoms with Crippen LogP contribution < -0.4 is 0 Å². The lowest BCUT2D eigenvalue weighted by Crippen LogP contribution is -2.07. The van der Waals surface area contributed by atoms with E-state index >= 15 is 0 Å². The standard InChI is InChI=1S/C9H14N4/c1-7-5-10-8(2)9(12-7)11-6-13(3)4/h5-6H,1-4H3. The van der Waals surface area contributed by atoms with Crippen LogP contribution in [0.1, 0.15) is 11.4 Å². The molecular weight excluding hydrogens is 164 g/mol. The van der Waals surface area contributed by atoms with Crippen molar-refractivity contribution in [3.8, 4) is 0 Å². The van der Waals surface area contributed by atoms with Crippen molar-refractivity contribution in [1.82, 2.24) is 14.9 Å². The highest BCUT2D eigenvalue weighted by Gasteiger charge is 1.98. The second-order valence-electron chi connectivity index (χ2n) is 3.13. The normalized spacial score (nSPS) is 10.8. The van der Waals surface area contributed by atoms with E-state index in [9.17, 15) is 0 Å². The maximum absolute atomic E-state index is 4.26. The van der Waals surface area contributed by atoms with E-state index in [0.717, 1.165) is 11.4 Å². The Bertz CT molecular complexity index is 317. The van der Waals surface area contributed by atoms with E-state index in [2.05, 4.69) is 15.0 Å². The molecule has 0 fully saturated rings. The van der Waals surface area contributed by atoms with Gasteiger partial charge in [-0.25, -0.2) is 9.98 Å². The second kappa shape index (κ2) is 3.98. The summed E-state index contributed by atoms with van der Waals surface area (Å²) < 4.78 is 0. The van der Waals surface area contributed by atoms with Crippen molar-refractivity contribution in [2.24, 2.45) is 4.99 Å². The zero-order valence-electron chi connectivity index (χ0n) is 8.44. The van der Waals surface area contributed by atoms with Gasteiger partial charge in [-0.05, 0) is 13.8 Å². The summed E-state index contributed by atoms with van der Waals surface area (Å²) in [6.07, 6.45) is 3.46. The SMILES string of the molecule is Cc1cnc(C)c(N=CN(C)C)n1. The highest BCUT2D eigenvalue weighted by molar-refractivity contribution is 5.59. The molecule has 0 N–H and O–H groups in total. The first-order valence-electron chi connectivity index (χ1n) is 4.10. The van der Waals surface area contributed by atoms with Gasteiger partial charge in [-0.15, -0.1) is 0 Å². The molecule has 0 saturated heterocycles. The van der Waals surface area contributed by atoms with E-state index < -0.39 is 0 Å². The average molecular weight is 178 g/mol. The van der Waals surface area contributed by atoms with Gasteiger partial charge in [0, 0.05) is 20.3 Å². The molecule has 0 aromatic carbocycles. The third kappa shape index (κ3) is 2.82. The van der Waals surface area contributed by atoms with Crippen molar-refractivity contribution in [3.05, 3.63) is 17.6 Å². The van der Waals surface area contributed by atoms with Gasteiger partial charge in [0.1, 0.15) is 0 Å². The Morgan fingerprint density at radius 2 is 2.08 bits per heavy atom. The molecule has 0 aliphatic heterocycles. The summed E-state index contributed by atoms with van der Waals surface area (Å²) in [6.45, 7) is 3.80. The van der Waals surface area contributed by atoms with Gasteiger partial charge in [0.15, 0.2) is 5.82 Å². The summed E-state index contributed by atoms with van der Waals surface area (Å²) in [5.74, 6) is 0.689. The molecule has 0 amide bonds. The molecule has 1 aromatic heterocycles. The monoisotopic (exact) mass is 178 g/mol. The molecule has 1 aromatic rings. The van der Waals surface area contributed by atoms with E-state index in [0.29, 0.717) is 5.82 Å². The summed E-state index contributed by atoms with van der Waals surface area (Å²) in [5, 5.41) is 0. The van der Waals surface area contributed by atoms with Gasteiger partial charge in [-0.2, -0.15) is 0 Å². The van der Waals surface area contributed by atoms with E-state index in [4.69, 9.17) is 0 Å². The van der Waals surface area contributed by atoms with Gasteiger partial charge < -0.3 is 4.90 Å². The van der Waals surface area contributed by atoms with Gasteiger partial charge in [-0.1, -0.05) is 0 Å². The number of rotatable bonds is 2. The Morgan fingerprint density at radius 3 is 2.69 bits per heavy atom. The Labute approximate surface area is 78.4 Å². The maximum Gasteiger partial charge on any atom is 0.175 e. The third-order valence-corrected chi connectivity index (χ3v) is 1.46. The minimum absolute atomic E-state index is 0.689. The van der Waals surface area contributed by atoms with Crippen molar-refractivity contribution in [1.29, 1.82) is 0 Å². The third-order valence-electron chi connectivity index (χ3n) is 1.46. The minimum atomic E-state index is 0.689. The van der Waals surface area contributed by atoms with Crippen LogP contribution in [0.5, 0.6) is 0 Å². The highest BCUT2D eigenvalue weighted by Crippen LogP contribution is 2.11. The lowest BCUT2D eigenvalue weighted by Gasteiger charge is -2.03. The van der Waals surface area contributed by atoms with E-state index in [1.54, 1.807) is 12.5 Å². The Balaban J connectivity index is 2.93. The zero-order valence-corrected chi connectivity index (χ0v) is 8.44. The highest BCUT2D eigenvalue weighted by atomic mass is 15.1. The molecule has 0 radical (unpaired) electrons. The Morgan fingerprint density at radius 1 is 1.38 bits per heavy atom. The van der Waals surface area contributed by atoms with Crippen LogP contribution in [-0.4, -0.2) is 35.3 Å². The first kappa shape index (κ1) is 9.64. The number of aliphatic imine (C=N–C) groups is 1. The molecule has 1 rings (SSSR count). The lowest BCUT2D eigenvalue weighted by atomic mass is 10.4. The van der Waals surface area contributed by atoms with E-state index in [-0.39, 0.29) is 0 Å². The van der Waals surface area contributed by atoms with Crippen molar-refractivity contribution in [2.45, 2.75) is 13.8 Å². The number of hydrogen-bond acceptors (Lipinski definition) is 3. The number of hydrogen-bond donors (Lipinski definition) is 0. The Hall–Kier alpha value is -1.45. The van der Waals surface area contributed by atoms with Crippen LogP contribution in [0.2, 0.25) is 0 Å². The molecule has 4 nitrogen and oxygen atoms in total. The summed E-state index contributed by atoms with van der Waals surface area (Å²) in [6, 6.07) is 0. The molecule has 1 heterocycles. The number of aryl methyl sites for hydroxylation is 2. The molecular formula is C9H14N4. The van der Waals surface area contributed by atoms with Crippen LogP contribution in [0, 0.1) is 13.8 Å². The molecule has 0 unspecified atom stereocenters. The summed E-state index contributed by atoms with van der Waals surface area (Å²) in [4.78, 5) is 14.5. The second-order valence-corrected chi connectivity index (χ2v) is 3.13. The van der Waals surface area contributed by atoms with Gasteiger partial charge in [-0.3, -0.25) is 4.98 Å². The molecule has 13 heavy (non-hydrogen) atoms. The van der Waals surface area contributed by atoms with Crippen molar-refractivity contribution < 1.29 is 0 Å². The topological polar surface area (TPSA) is 41.4 Å². The van der Waals surface area contributed by atoms with Gasteiger partial charge in [0.05, 0.1) is 17.7 Å².